The summed E-state index contributed by atoms with van der Waals surface area (Å²) in [6.45, 7) is 1.09. The molecule has 1 aromatic heterocycles. The summed E-state index contributed by atoms with van der Waals surface area (Å²) in [6, 6.07) is 12.3. The molecule has 1 unspecified atom stereocenters. The number of nitrogens with one attached hydrogen (secondary N) is 1. The first kappa shape index (κ1) is 22.6. The second-order valence-corrected chi connectivity index (χ2v) is 9.57. The first-order valence-corrected chi connectivity index (χ1v) is 12.7. The minimum atomic E-state index is -0.555. The molecule has 34 heavy (non-hydrogen) atoms. The van der Waals surface area contributed by atoms with Gasteiger partial charge in [-0.2, -0.15) is 0 Å². The van der Waals surface area contributed by atoms with Crippen LogP contribution in [-0.4, -0.2) is 39.4 Å². The molecule has 0 radical (unpaired) electrons. The Kier molecular flexibility index (Phi) is 6.36. The van der Waals surface area contributed by atoms with Gasteiger partial charge in [-0.1, -0.05) is 6.42 Å². The standard InChI is InChI=1S/C25H26FN5O2S/c1-34-19-9-7-18(8-10-19)31-15-17(14-23(31)32)25(33)27-21-13-16(6-11-20(21)26)24-29-28-22-5-3-2-4-12-30(22)24/h6-11,13,17H,2-5,12,14-15H2,1H3,(H,27,33). The van der Waals surface area contributed by atoms with E-state index in [4.69, 9.17) is 0 Å². The molecule has 7 nitrogen and oxygen atoms in total. The molecule has 5 rings (SSSR count). The van der Waals surface area contributed by atoms with Gasteiger partial charge in [0.25, 0.3) is 0 Å². The number of rotatable bonds is 5. The zero-order chi connectivity index (χ0) is 23.7. The van der Waals surface area contributed by atoms with E-state index in [1.54, 1.807) is 28.8 Å². The molecule has 2 aromatic carbocycles. The molecule has 1 fully saturated rings. The third kappa shape index (κ3) is 4.44. The van der Waals surface area contributed by atoms with Gasteiger partial charge in [0, 0.05) is 42.1 Å². The van der Waals surface area contributed by atoms with Crippen LogP contribution in [0.25, 0.3) is 11.4 Å². The Morgan fingerprint density at radius 1 is 1.12 bits per heavy atom. The minimum absolute atomic E-state index is 0.0868. The molecule has 1 N–H and O–H groups in total. The van der Waals surface area contributed by atoms with Gasteiger partial charge in [0.15, 0.2) is 5.82 Å². The van der Waals surface area contributed by atoms with Gasteiger partial charge in [0.1, 0.15) is 11.6 Å². The molecule has 2 amide bonds. The Labute approximate surface area is 201 Å². The predicted octanol–water partition coefficient (Wildman–Crippen LogP) is 4.52. The van der Waals surface area contributed by atoms with E-state index >= 15 is 0 Å². The van der Waals surface area contributed by atoms with Crippen molar-refractivity contribution in [1.29, 1.82) is 0 Å². The van der Waals surface area contributed by atoms with Gasteiger partial charge in [0.2, 0.25) is 11.8 Å². The molecule has 3 aromatic rings. The van der Waals surface area contributed by atoms with Crippen LogP contribution in [0.5, 0.6) is 0 Å². The number of anilines is 2. The molecular weight excluding hydrogens is 453 g/mol. The lowest BCUT2D eigenvalue weighted by atomic mass is 10.1. The number of hydrogen-bond acceptors (Lipinski definition) is 5. The highest BCUT2D eigenvalue weighted by atomic mass is 32.2. The average molecular weight is 480 g/mol. The van der Waals surface area contributed by atoms with Crippen molar-refractivity contribution in [2.45, 2.75) is 43.5 Å². The van der Waals surface area contributed by atoms with Gasteiger partial charge >= 0.3 is 0 Å². The third-order valence-corrected chi connectivity index (χ3v) is 7.22. The highest BCUT2D eigenvalue weighted by molar-refractivity contribution is 7.98. The highest BCUT2D eigenvalue weighted by Gasteiger charge is 2.35. The first-order chi connectivity index (χ1) is 16.5. The summed E-state index contributed by atoms with van der Waals surface area (Å²) in [5, 5.41) is 11.3. The Bertz CT molecular complexity index is 1230. The lowest BCUT2D eigenvalue weighted by Gasteiger charge is -2.17. The molecule has 3 heterocycles. The predicted molar refractivity (Wildman–Crippen MR) is 130 cm³/mol. The fourth-order valence-electron chi connectivity index (χ4n) is 4.59. The van der Waals surface area contributed by atoms with Crippen LogP contribution in [0.2, 0.25) is 0 Å². The first-order valence-electron chi connectivity index (χ1n) is 11.5. The quantitative estimate of drug-likeness (QED) is 0.544. The molecular formula is C25H26FN5O2S. The van der Waals surface area contributed by atoms with E-state index in [2.05, 4.69) is 20.1 Å². The van der Waals surface area contributed by atoms with Crippen LogP contribution in [-0.2, 0) is 22.6 Å². The van der Waals surface area contributed by atoms with Crippen molar-refractivity contribution < 1.29 is 14.0 Å². The maximum absolute atomic E-state index is 14.6. The number of thioether (sulfide) groups is 1. The van der Waals surface area contributed by atoms with Crippen molar-refractivity contribution >= 4 is 35.0 Å². The van der Waals surface area contributed by atoms with Gasteiger partial charge < -0.3 is 14.8 Å². The number of carbonyl (C=O) groups excluding carboxylic acids is 2. The number of fused-ring (bicyclic) bond motifs is 1. The molecule has 0 saturated carbocycles. The number of hydrogen-bond donors (Lipinski definition) is 1. The normalized spacial score (nSPS) is 18.0. The van der Waals surface area contributed by atoms with Crippen molar-refractivity contribution in [2.24, 2.45) is 5.92 Å². The van der Waals surface area contributed by atoms with Gasteiger partial charge in [-0.05, 0) is 61.6 Å². The Morgan fingerprint density at radius 3 is 2.74 bits per heavy atom. The van der Waals surface area contributed by atoms with E-state index < -0.39 is 11.7 Å². The summed E-state index contributed by atoms with van der Waals surface area (Å²) >= 11 is 1.62. The second kappa shape index (κ2) is 9.58. The molecule has 0 spiro atoms. The maximum Gasteiger partial charge on any atom is 0.229 e. The number of aryl methyl sites for hydroxylation is 1. The lowest BCUT2D eigenvalue weighted by Crippen LogP contribution is -2.28. The van der Waals surface area contributed by atoms with Crippen molar-refractivity contribution in [1.82, 2.24) is 14.8 Å². The van der Waals surface area contributed by atoms with Crippen LogP contribution in [0, 0.1) is 11.7 Å². The molecule has 0 bridgehead atoms. The van der Waals surface area contributed by atoms with E-state index in [1.165, 1.54) is 6.07 Å². The summed E-state index contributed by atoms with van der Waals surface area (Å²) in [4.78, 5) is 28.3. The SMILES string of the molecule is CSc1ccc(N2CC(C(=O)Nc3cc(-c4nnc5n4CCCCC5)ccc3F)CC2=O)cc1. The van der Waals surface area contributed by atoms with Gasteiger partial charge in [-0.25, -0.2) is 4.39 Å². The third-order valence-electron chi connectivity index (χ3n) is 6.47. The lowest BCUT2D eigenvalue weighted by molar-refractivity contribution is -0.122. The zero-order valence-corrected chi connectivity index (χ0v) is 19.8. The number of carbonyl (C=O) groups is 2. The largest absolute Gasteiger partial charge is 0.323 e. The van der Waals surface area contributed by atoms with Crippen LogP contribution in [0.4, 0.5) is 15.8 Å². The summed E-state index contributed by atoms with van der Waals surface area (Å²) in [5.74, 6) is 0.0626. The summed E-state index contributed by atoms with van der Waals surface area (Å²) < 4.78 is 16.7. The number of benzene rings is 2. The number of amides is 2. The Balaban J connectivity index is 1.32. The van der Waals surface area contributed by atoms with Crippen LogP contribution in [0.3, 0.4) is 0 Å². The van der Waals surface area contributed by atoms with E-state index in [0.717, 1.165) is 48.6 Å². The van der Waals surface area contributed by atoms with Crippen LogP contribution in [0.1, 0.15) is 31.5 Å². The number of halogens is 1. The monoisotopic (exact) mass is 479 g/mol. The molecule has 2 aliphatic rings. The second-order valence-electron chi connectivity index (χ2n) is 8.69. The summed E-state index contributed by atoms with van der Waals surface area (Å²) in [5.41, 5.74) is 1.55. The molecule has 0 aliphatic carbocycles. The molecule has 176 valence electrons. The van der Waals surface area contributed by atoms with Crippen molar-refractivity contribution in [3.63, 3.8) is 0 Å². The molecule has 1 atom stereocenters. The average Bonchev–Trinajstić information content (AvgIpc) is 3.36. The molecule has 9 heteroatoms. The van der Waals surface area contributed by atoms with Crippen LogP contribution >= 0.6 is 11.8 Å². The van der Waals surface area contributed by atoms with Gasteiger partial charge in [0.05, 0.1) is 11.6 Å². The van der Waals surface area contributed by atoms with Crippen LogP contribution in [0.15, 0.2) is 47.4 Å². The summed E-state index contributed by atoms with van der Waals surface area (Å²) in [7, 11) is 0. The topological polar surface area (TPSA) is 80.1 Å². The van der Waals surface area contributed by atoms with E-state index in [0.29, 0.717) is 11.4 Å². The minimum Gasteiger partial charge on any atom is -0.323 e. The van der Waals surface area contributed by atoms with E-state index in [9.17, 15) is 14.0 Å². The zero-order valence-electron chi connectivity index (χ0n) is 19.0. The smallest absolute Gasteiger partial charge is 0.229 e. The summed E-state index contributed by atoms with van der Waals surface area (Å²) in [6.07, 6.45) is 6.24. The Morgan fingerprint density at radius 2 is 1.94 bits per heavy atom. The highest BCUT2D eigenvalue weighted by Crippen LogP contribution is 2.30. The number of nitrogens with zero attached hydrogens (tertiary/aromatic N) is 4. The fraction of sp³-hybridized carbons (Fsp3) is 0.360. The van der Waals surface area contributed by atoms with Crippen LogP contribution < -0.4 is 10.2 Å². The molecule has 2 aliphatic heterocycles. The number of aromatic nitrogens is 3. The van der Waals surface area contributed by atoms with Crippen molar-refractivity contribution in [2.75, 3.05) is 23.0 Å². The van der Waals surface area contributed by atoms with Crippen molar-refractivity contribution in [3.8, 4) is 11.4 Å². The van der Waals surface area contributed by atoms with Gasteiger partial charge in [-0.15, -0.1) is 22.0 Å². The maximum atomic E-state index is 14.6. The Hall–Kier alpha value is -3.20. The van der Waals surface area contributed by atoms with E-state index in [1.807, 2.05) is 30.5 Å². The van der Waals surface area contributed by atoms with Crippen molar-refractivity contribution in [3.05, 3.63) is 54.1 Å². The fourth-order valence-corrected chi connectivity index (χ4v) is 5.00. The van der Waals surface area contributed by atoms with Gasteiger partial charge in [-0.3, -0.25) is 9.59 Å². The van der Waals surface area contributed by atoms with E-state index in [-0.39, 0.29) is 30.5 Å². The molecule has 1 saturated heterocycles.